The van der Waals surface area contributed by atoms with Gasteiger partial charge in [0.05, 0.1) is 12.8 Å². The lowest BCUT2D eigenvalue weighted by molar-refractivity contribution is -0.148. The molecule has 7 nitrogen and oxygen atoms in total. The molecular formula is C18H23N3O4. The van der Waals surface area contributed by atoms with E-state index in [1.165, 1.54) is 28.3 Å². The quantitative estimate of drug-likeness (QED) is 0.542. The topological polar surface area (TPSA) is 77.6 Å². The number of hydrogen-bond acceptors (Lipinski definition) is 5. The maximum absolute atomic E-state index is 12.9. The van der Waals surface area contributed by atoms with E-state index in [4.69, 9.17) is 9.15 Å². The van der Waals surface area contributed by atoms with Crippen LogP contribution in [0.5, 0.6) is 0 Å². The molecule has 0 aliphatic heterocycles. The molecule has 0 aromatic carbocycles. The molecule has 0 aliphatic rings. The van der Waals surface area contributed by atoms with E-state index in [9.17, 15) is 9.59 Å². The Labute approximate surface area is 146 Å². The highest BCUT2D eigenvalue weighted by Crippen LogP contribution is 2.16. The zero-order valence-electron chi connectivity index (χ0n) is 14.5. The van der Waals surface area contributed by atoms with Crippen molar-refractivity contribution in [2.75, 3.05) is 6.61 Å². The summed E-state index contributed by atoms with van der Waals surface area (Å²) < 4.78 is 12.0. The first kappa shape index (κ1) is 18.5. The number of amides is 1. The molecule has 1 atom stereocenters. The number of furan rings is 1. The van der Waals surface area contributed by atoms with E-state index >= 15 is 0 Å². The van der Waals surface area contributed by atoms with Crippen molar-refractivity contribution < 1.29 is 18.7 Å². The molecule has 2 heterocycles. The van der Waals surface area contributed by atoms with Gasteiger partial charge in [0.1, 0.15) is 24.7 Å². The molecule has 0 spiro atoms. The van der Waals surface area contributed by atoms with Gasteiger partial charge in [-0.05, 0) is 25.5 Å². The van der Waals surface area contributed by atoms with E-state index in [0.717, 1.165) is 6.42 Å². The third-order valence-electron chi connectivity index (χ3n) is 3.65. The Hall–Kier alpha value is -2.83. The Morgan fingerprint density at radius 2 is 2.32 bits per heavy atom. The van der Waals surface area contributed by atoms with Crippen molar-refractivity contribution in [3.8, 4) is 0 Å². The van der Waals surface area contributed by atoms with Crippen LogP contribution in [0.3, 0.4) is 0 Å². The first-order valence-corrected chi connectivity index (χ1v) is 8.26. The van der Waals surface area contributed by atoms with Gasteiger partial charge in [0.25, 0.3) is 0 Å². The molecule has 0 saturated carbocycles. The summed E-state index contributed by atoms with van der Waals surface area (Å²) in [5.41, 5.74) is 0. The number of carbonyl (C=O) groups is 2. The molecule has 2 rings (SSSR count). The van der Waals surface area contributed by atoms with Crippen LogP contribution in [-0.2, 0) is 16.1 Å². The molecule has 25 heavy (non-hydrogen) atoms. The fourth-order valence-corrected chi connectivity index (χ4v) is 2.40. The Morgan fingerprint density at radius 3 is 2.92 bits per heavy atom. The van der Waals surface area contributed by atoms with Crippen LogP contribution in [0.2, 0.25) is 0 Å². The monoisotopic (exact) mass is 345 g/mol. The van der Waals surface area contributed by atoms with Crippen LogP contribution < -0.4 is 0 Å². The summed E-state index contributed by atoms with van der Waals surface area (Å²) in [6.45, 7) is 4.17. The first-order valence-electron chi connectivity index (χ1n) is 8.26. The standard InChI is InChI=1S/C18H23N3O4/c1-3-5-11-25-17(22)16(7-4-2)21(13-15-8-6-12-24-15)18(23)20-10-9-19-14-20/h3,5-6,8-10,12,14,16H,4,7,11,13H2,1-2H3/b5-3+/t16-/m1/s1. The summed E-state index contributed by atoms with van der Waals surface area (Å²) in [6, 6.07) is 2.46. The van der Waals surface area contributed by atoms with Gasteiger partial charge in [-0.2, -0.15) is 0 Å². The average molecular weight is 345 g/mol. The summed E-state index contributed by atoms with van der Waals surface area (Å²) >= 11 is 0. The van der Waals surface area contributed by atoms with Crippen LogP contribution in [0, 0.1) is 0 Å². The normalized spacial score (nSPS) is 12.2. The Morgan fingerprint density at radius 1 is 1.48 bits per heavy atom. The molecule has 2 aromatic heterocycles. The predicted octanol–water partition coefficient (Wildman–Crippen LogP) is 3.23. The van der Waals surface area contributed by atoms with Gasteiger partial charge in [-0.3, -0.25) is 4.57 Å². The third-order valence-corrected chi connectivity index (χ3v) is 3.65. The number of hydrogen-bond donors (Lipinski definition) is 0. The van der Waals surface area contributed by atoms with E-state index in [-0.39, 0.29) is 19.2 Å². The highest BCUT2D eigenvalue weighted by molar-refractivity contribution is 5.84. The van der Waals surface area contributed by atoms with E-state index < -0.39 is 12.0 Å². The van der Waals surface area contributed by atoms with E-state index in [1.807, 2.05) is 13.8 Å². The summed E-state index contributed by atoms with van der Waals surface area (Å²) in [4.78, 5) is 30.8. The largest absolute Gasteiger partial charge is 0.467 e. The maximum Gasteiger partial charge on any atom is 0.330 e. The fourth-order valence-electron chi connectivity index (χ4n) is 2.40. The third kappa shape index (κ3) is 5.07. The smallest absolute Gasteiger partial charge is 0.330 e. The van der Waals surface area contributed by atoms with Crippen LogP contribution in [0.15, 0.2) is 53.7 Å². The molecule has 0 N–H and O–H groups in total. The fraction of sp³-hybridized carbons (Fsp3) is 0.389. The molecule has 0 radical (unpaired) electrons. The van der Waals surface area contributed by atoms with Crippen LogP contribution in [0.25, 0.3) is 0 Å². The molecule has 134 valence electrons. The number of ether oxygens (including phenoxy) is 1. The minimum absolute atomic E-state index is 0.174. The lowest BCUT2D eigenvalue weighted by Gasteiger charge is -2.29. The number of carbonyl (C=O) groups excluding carboxylic acids is 2. The van der Waals surface area contributed by atoms with E-state index in [2.05, 4.69) is 4.98 Å². The lowest BCUT2D eigenvalue weighted by atomic mass is 10.1. The van der Waals surface area contributed by atoms with Gasteiger partial charge in [0, 0.05) is 12.4 Å². The number of allylic oxidation sites excluding steroid dienone is 1. The predicted molar refractivity (Wildman–Crippen MR) is 91.7 cm³/mol. The molecule has 0 bridgehead atoms. The number of aromatic nitrogens is 2. The van der Waals surface area contributed by atoms with Gasteiger partial charge in [-0.15, -0.1) is 0 Å². The van der Waals surface area contributed by atoms with Crippen molar-refractivity contribution in [1.82, 2.24) is 14.5 Å². The number of esters is 1. The lowest BCUT2D eigenvalue weighted by Crippen LogP contribution is -2.46. The molecular weight excluding hydrogens is 322 g/mol. The maximum atomic E-state index is 12.9. The van der Waals surface area contributed by atoms with Crippen molar-refractivity contribution in [3.63, 3.8) is 0 Å². The Kier molecular flexibility index (Phi) is 7.00. The van der Waals surface area contributed by atoms with Crippen LogP contribution >= 0.6 is 0 Å². The second-order valence-electron chi connectivity index (χ2n) is 5.46. The van der Waals surface area contributed by atoms with Crippen LogP contribution in [-0.4, -0.2) is 39.1 Å². The SMILES string of the molecule is C/C=C/COC(=O)[C@@H](CCC)N(Cc1ccco1)C(=O)n1ccnc1. The van der Waals surface area contributed by atoms with Gasteiger partial charge >= 0.3 is 12.0 Å². The number of rotatable bonds is 8. The Balaban J connectivity index is 2.25. The summed E-state index contributed by atoms with van der Waals surface area (Å²) in [5, 5.41) is 0. The highest BCUT2D eigenvalue weighted by atomic mass is 16.5. The molecule has 0 fully saturated rings. The van der Waals surface area contributed by atoms with Crippen LogP contribution in [0.4, 0.5) is 4.79 Å². The number of imidazole rings is 1. The van der Waals surface area contributed by atoms with Gasteiger partial charge in [0.15, 0.2) is 0 Å². The van der Waals surface area contributed by atoms with E-state index in [0.29, 0.717) is 12.2 Å². The van der Waals surface area contributed by atoms with Crippen LogP contribution in [0.1, 0.15) is 32.4 Å². The van der Waals surface area contributed by atoms with Crippen molar-refractivity contribution in [1.29, 1.82) is 0 Å². The molecule has 0 saturated heterocycles. The van der Waals surface area contributed by atoms with E-state index in [1.54, 1.807) is 30.5 Å². The highest BCUT2D eigenvalue weighted by Gasteiger charge is 2.32. The van der Waals surface area contributed by atoms with Gasteiger partial charge in [0.2, 0.25) is 0 Å². The molecule has 7 heteroatoms. The molecule has 2 aromatic rings. The van der Waals surface area contributed by atoms with Gasteiger partial charge < -0.3 is 14.1 Å². The molecule has 0 unspecified atom stereocenters. The zero-order valence-corrected chi connectivity index (χ0v) is 14.5. The second kappa shape index (κ2) is 9.46. The summed E-state index contributed by atoms with van der Waals surface area (Å²) in [6.07, 6.45) is 10.8. The molecule has 1 amide bonds. The summed E-state index contributed by atoms with van der Waals surface area (Å²) in [7, 11) is 0. The van der Waals surface area contributed by atoms with Gasteiger partial charge in [-0.1, -0.05) is 25.5 Å². The van der Waals surface area contributed by atoms with Gasteiger partial charge in [-0.25, -0.2) is 14.6 Å². The zero-order chi connectivity index (χ0) is 18.1. The number of nitrogens with zero attached hydrogens (tertiary/aromatic N) is 3. The second-order valence-corrected chi connectivity index (χ2v) is 5.46. The van der Waals surface area contributed by atoms with Crippen molar-refractivity contribution in [2.45, 2.75) is 39.3 Å². The Bertz CT molecular complexity index is 677. The minimum atomic E-state index is -0.699. The average Bonchev–Trinajstić information content (AvgIpc) is 3.31. The molecule has 0 aliphatic carbocycles. The van der Waals surface area contributed by atoms with Crippen molar-refractivity contribution in [3.05, 3.63) is 55.0 Å². The van der Waals surface area contributed by atoms with Crippen molar-refractivity contribution >= 4 is 12.0 Å². The first-order chi connectivity index (χ1) is 12.2. The van der Waals surface area contributed by atoms with Crippen molar-refractivity contribution in [2.24, 2.45) is 0 Å². The minimum Gasteiger partial charge on any atom is -0.467 e. The summed E-state index contributed by atoms with van der Waals surface area (Å²) in [5.74, 6) is 0.163.